The van der Waals surface area contributed by atoms with E-state index in [4.69, 9.17) is 9.47 Å². The fourth-order valence-corrected chi connectivity index (χ4v) is 2.32. The summed E-state index contributed by atoms with van der Waals surface area (Å²) in [4.78, 5) is 0. The van der Waals surface area contributed by atoms with Gasteiger partial charge in [-0.3, -0.25) is 0 Å². The van der Waals surface area contributed by atoms with E-state index in [1.807, 2.05) is 0 Å². The third-order valence-electron chi connectivity index (χ3n) is 3.44. The zero-order valence-corrected chi connectivity index (χ0v) is 9.87. The molecule has 2 aliphatic heterocycles. The van der Waals surface area contributed by atoms with Gasteiger partial charge in [-0.15, -0.1) is 0 Å². The Balaban J connectivity index is 1.77. The first kappa shape index (κ1) is 11.2. The first-order valence-electron chi connectivity index (χ1n) is 6.15. The average molecular weight is 210 g/mol. The largest absolute Gasteiger partial charge is 0.378 e. The molecule has 0 aromatic heterocycles. The molecule has 0 saturated carbocycles. The highest BCUT2D eigenvalue weighted by Gasteiger charge is 2.21. The molecule has 2 heterocycles. The van der Waals surface area contributed by atoms with Crippen molar-refractivity contribution in [3.05, 3.63) is 11.6 Å². The molecule has 1 saturated heterocycles. The molecule has 0 aromatic rings. The lowest BCUT2D eigenvalue weighted by Gasteiger charge is -2.29. The normalized spacial score (nSPS) is 37.5. The topological polar surface area (TPSA) is 18.5 Å². The zero-order chi connectivity index (χ0) is 10.7. The molecule has 0 radical (unpaired) electrons. The van der Waals surface area contributed by atoms with Gasteiger partial charge in [0.2, 0.25) is 0 Å². The maximum absolute atomic E-state index is 5.69. The van der Waals surface area contributed by atoms with Crippen LogP contribution in [0.15, 0.2) is 11.6 Å². The summed E-state index contributed by atoms with van der Waals surface area (Å²) in [5, 5.41) is 0. The molecule has 15 heavy (non-hydrogen) atoms. The Morgan fingerprint density at radius 3 is 2.67 bits per heavy atom. The predicted molar refractivity (Wildman–Crippen MR) is 60.9 cm³/mol. The summed E-state index contributed by atoms with van der Waals surface area (Å²) in [6.07, 6.45) is 8.04. The number of hydrogen-bond donors (Lipinski definition) is 0. The molecular formula is C13H22O2. The number of ether oxygens (including phenoxy) is 2. The van der Waals surface area contributed by atoms with E-state index in [-0.39, 0.29) is 0 Å². The Kier molecular flexibility index (Phi) is 3.81. The van der Waals surface area contributed by atoms with Crippen LogP contribution < -0.4 is 0 Å². The van der Waals surface area contributed by atoms with Crippen molar-refractivity contribution in [1.82, 2.24) is 0 Å². The molecule has 86 valence electrons. The van der Waals surface area contributed by atoms with Crippen LogP contribution in [0.1, 0.15) is 39.5 Å². The second kappa shape index (κ2) is 5.13. The van der Waals surface area contributed by atoms with Crippen LogP contribution in [0.25, 0.3) is 0 Å². The highest BCUT2D eigenvalue weighted by molar-refractivity contribution is 5.07. The molecule has 3 atom stereocenters. The van der Waals surface area contributed by atoms with Gasteiger partial charge in [-0.2, -0.15) is 0 Å². The van der Waals surface area contributed by atoms with E-state index in [1.165, 1.54) is 24.8 Å². The Labute approximate surface area is 92.6 Å². The van der Waals surface area contributed by atoms with Gasteiger partial charge in [-0.25, -0.2) is 0 Å². The second-order valence-electron chi connectivity index (χ2n) is 5.01. The molecular weight excluding hydrogens is 188 g/mol. The van der Waals surface area contributed by atoms with Crippen molar-refractivity contribution in [2.75, 3.05) is 13.2 Å². The van der Waals surface area contributed by atoms with Gasteiger partial charge in [-0.05, 0) is 51.0 Å². The SMILES string of the molecule is CC1CC=C(CC2CCC(C)OC2)CO1. The van der Waals surface area contributed by atoms with Crippen LogP contribution in [0, 0.1) is 5.92 Å². The van der Waals surface area contributed by atoms with Crippen LogP contribution in [0.2, 0.25) is 0 Å². The summed E-state index contributed by atoms with van der Waals surface area (Å²) in [5.74, 6) is 0.726. The van der Waals surface area contributed by atoms with E-state index in [0.717, 1.165) is 25.6 Å². The van der Waals surface area contributed by atoms with E-state index in [1.54, 1.807) is 0 Å². The lowest BCUT2D eigenvalue weighted by Crippen LogP contribution is -2.25. The van der Waals surface area contributed by atoms with Crippen molar-refractivity contribution in [2.45, 2.75) is 51.7 Å². The lowest BCUT2D eigenvalue weighted by molar-refractivity contribution is -0.00695. The summed E-state index contributed by atoms with van der Waals surface area (Å²) in [5.41, 5.74) is 1.48. The maximum atomic E-state index is 5.69. The summed E-state index contributed by atoms with van der Waals surface area (Å²) in [6, 6.07) is 0. The van der Waals surface area contributed by atoms with Crippen molar-refractivity contribution in [3.8, 4) is 0 Å². The summed E-state index contributed by atoms with van der Waals surface area (Å²) in [7, 11) is 0. The van der Waals surface area contributed by atoms with Crippen LogP contribution in [0.3, 0.4) is 0 Å². The van der Waals surface area contributed by atoms with E-state index < -0.39 is 0 Å². The number of rotatable bonds is 2. The van der Waals surface area contributed by atoms with E-state index in [0.29, 0.717) is 12.2 Å². The molecule has 0 N–H and O–H groups in total. The minimum absolute atomic E-state index is 0.413. The highest BCUT2D eigenvalue weighted by Crippen LogP contribution is 2.26. The fraction of sp³-hybridized carbons (Fsp3) is 0.846. The predicted octanol–water partition coefficient (Wildman–Crippen LogP) is 2.93. The number of hydrogen-bond acceptors (Lipinski definition) is 2. The third kappa shape index (κ3) is 3.32. The van der Waals surface area contributed by atoms with Gasteiger partial charge < -0.3 is 9.47 Å². The summed E-state index contributed by atoms with van der Waals surface area (Å²) < 4.78 is 11.3. The molecule has 2 heteroatoms. The first-order valence-corrected chi connectivity index (χ1v) is 6.15. The van der Waals surface area contributed by atoms with Crippen LogP contribution in [-0.2, 0) is 9.47 Å². The van der Waals surface area contributed by atoms with Crippen molar-refractivity contribution in [1.29, 1.82) is 0 Å². The van der Waals surface area contributed by atoms with Gasteiger partial charge in [-0.1, -0.05) is 6.08 Å². The van der Waals surface area contributed by atoms with Crippen molar-refractivity contribution in [3.63, 3.8) is 0 Å². The van der Waals surface area contributed by atoms with E-state index >= 15 is 0 Å². The molecule has 0 bridgehead atoms. The van der Waals surface area contributed by atoms with Gasteiger partial charge in [0, 0.05) is 0 Å². The smallest absolute Gasteiger partial charge is 0.0680 e. The van der Waals surface area contributed by atoms with Gasteiger partial charge in [0.1, 0.15) is 0 Å². The molecule has 0 amide bonds. The van der Waals surface area contributed by atoms with Crippen molar-refractivity contribution >= 4 is 0 Å². The van der Waals surface area contributed by atoms with E-state index in [2.05, 4.69) is 19.9 Å². The quantitative estimate of drug-likeness (QED) is 0.652. The first-order chi connectivity index (χ1) is 7.24. The van der Waals surface area contributed by atoms with Gasteiger partial charge in [0.05, 0.1) is 25.4 Å². The molecule has 2 nitrogen and oxygen atoms in total. The Morgan fingerprint density at radius 1 is 1.20 bits per heavy atom. The van der Waals surface area contributed by atoms with Gasteiger partial charge >= 0.3 is 0 Å². The summed E-state index contributed by atoms with van der Waals surface area (Å²) in [6.45, 7) is 6.08. The molecule has 0 aliphatic carbocycles. The van der Waals surface area contributed by atoms with Crippen LogP contribution in [0.5, 0.6) is 0 Å². The minimum atomic E-state index is 0.413. The zero-order valence-electron chi connectivity index (χ0n) is 9.87. The van der Waals surface area contributed by atoms with Gasteiger partial charge in [0.25, 0.3) is 0 Å². The van der Waals surface area contributed by atoms with Crippen molar-refractivity contribution < 1.29 is 9.47 Å². The fourth-order valence-electron chi connectivity index (χ4n) is 2.32. The maximum Gasteiger partial charge on any atom is 0.0680 e. The average Bonchev–Trinajstić information content (AvgIpc) is 2.25. The Morgan fingerprint density at radius 2 is 2.07 bits per heavy atom. The molecule has 1 fully saturated rings. The minimum Gasteiger partial charge on any atom is -0.378 e. The van der Waals surface area contributed by atoms with Crippen LogP contribution in [0.4, 0.5) is 0 Å². The molecule has 0 aromatic carbocycles. The standard InChI is InChI=1S/C13H22O2/c1-10-3-5-12(8-14-10)7-13-6-4-11(2)15-9-13/h5,10-11,13H,3-4,6-9H2,1-2H3. The monoisotopic (exact) mass is 210 g/mol. The third-order valence-corrected chi connectivity index (χ3v) is 3.44. The van der Waals surface area contributed by atoms with Crippen LogP contribution >= 0.6 is 0 Å². The highest BCUT2D eigenvalue weighted by atomic mass is 16.5. The van der Waals surface area contributed by atoms with Crippen molar-refractivity contribution in [2.24, 2.45) is 5.92 Å². The second-order valence-corrected chi connectivity index (χ2v) is 5.01. The Bertz CT molecular complexity index is 227. The molecule has 0 spiro atoms. The Hall–Kier alpha value is -0.340. The molecule has 3 unspecified atom stereocenters. The summed E-state index contributed by atoms with van der Waals surface area (Å²) >= 11 is 0. The molecule has 2 rings (SSSR count). The lowest BCUT2D eigenvalue weighted by atomic mass is 9.91. The van der Waals surface area contributed by atoms with E-state index in [9.17, 15) is 0 Å². The van der Waals surface area contributed by atoms with Gasteiger partial charge in [0.15, 0.2) is 0 Å². The van der Waals surface area contributed by atoms with Crippen LogP contribution in [-0.4, -0.2) is 25.4 Å². The molecule has 2 aliphatic rings.